The topological polar surface area (TPSA) is 62.2 Å². The van der Waals surface area contributed by atoms with Crippen LogP contribution in [0.1, 0.15) is 12.0 Å². The number of likely N-dealkylation sites (N-methyl/N-ethyl adjacent to an activating group) is 1. The highest BCUT2D eigenvalue weighted by molar-refractivity contribution is 6.31. The van der Waals surface area contributed by atoms with Gasteiger partial charge in [0.05, 0.1) is 18.6 Å². The molecular formula is C17H23ClN2O4. The molecule has 2 heterocycles. The molecule has 1 atom stereocenters. The summed E-state index contributed by atoms with van der Waals surface area (Å²) in [5.41, 5.74) is -0.121. The normalized spacial score (nSPS) is 23.0. The summed E-state index contributed by atoms with van der Waals surface area (Å²) in [5, 5.41) is 11.1. The summed E-state index contributed by atoms with van der Waals surface area (Å²) in [6, 6.07) is 3.47. The lowest BCUT2D eigenvalue weighted by atomic mass is 10.0. The molecule has 0 aliphatic carbocycles. The highest BCUT2D eigenvalue weighted by Crippen LogP contribution is 2.36. The van der Waals surface area contributed by atoms with Crippen LogP contribution in [0.25, 0.3) is 0 Å². The molecule has 3 rings (SSSR count). The molecule has 0 bridgehead atoms. The number of likely N-dealkylation sites (tertiary alicyclic amines) is 1. The SMILES string of the molecule is CN(C)C[C@@]1(O)CCN(C(=O)Cc2cc3c(cc2Cl)OCCO3)C1. The Morgan fingerprint density at radius 3 is 2.67 bits per heavy atom. The molecule has 1 amide bonds. The number of nitrogens with zero attached hydrogens (tertiary/aromatic N) is 2. The van der Waals surface area contributed by atoms with Gasteiger partial charge in [0.15, 0.2) is 11.5 Å². The Morgan fingerprint density at radius 2 is 2.00 bits per heavy atom. The number of ether oxygens (including phenoxy) is 2. The molecule has 1 saturated heterocycles. The van der Waals surface area contributed by atoms with E-state index in [0.717, 1.165) is 0 Å². The fourth-order valence-corrected chi connectivity index (χ4v) is 3.52. The second kappa shape index (κ2) is 6.78. The van der Waals surface area contributed by atoms with Gasteiger partial charge in [-0.1, -0.05) is 11.6 Å². The summed E-state index contributed by atoms with van der Waals surface area (Å²) >= 11 is 6.27. The maximum absolute atomic E-state index is 12.6. The molecular weight excluding hydrogens is 332 g/mol. The van der Waals surface area contributed by atoms with Crippen molar-refractivity contribution in [3.63, 3.8) is 0 Å². The van der Waals surface area contributed by atoms with Gasteiger partial charge in [-0.3, -0.25) is 4.79 Å². The van der Waals surface area contributed by atoms with Crippen molar-refractivity contribution in [3.8, 4) is 11.5 Å². The van der Waals surface area contributed by atoms with Gasteiger partial charge >= 0.3 is 0 Å². The molecule has 0 saturated carbocycles. The number of hydrogen-bond acceptors (Lipinski definition) is 5. The summed E-state index contributed by atoms with van der Waals surface area (Å²) in [5.74, 6) is 1.20. The molecule has 132 valence electrons. The number of fused-ring (bicyclic) bond motifs is 1. The summed E-state index contributed by atoms with van der Waals surface area (Å²) in [4.78, 5) is 16.2. The Bertz CT molecular complexity index is 637. The van der Waals surface area contributed by atoms with E-state index in [0.29, 0.717) is 61.4 Å². The van der Waals surface area contributed by atoms with E-state index in [-0.39, 0.29) is 12.3 Å². The summed E-state index contributed by atoms with van der Waals surface area (Å²) in [6.07, 6.45) is 0.777. The van der Waals surface area contributed by atoms with Crippen LogP contribution in [-0.4, -0.2) is 73.4 Å². The first-order valence-electron chi connectivity index (χ1n) is 8.09. The van der Waals surface area contributed by atoms with Gasteiger partial charge in [-0.05, 0) is 32.1 Å². The fourth-order valence-electron chi connectivity index (χ4n) is 3.30. The van der Waals surface area contributed by atoms with Gasteiger partial charge in [-0.25, -0.2) is 0 Å². The van der Waals surface area contributed by atoms with Gasteiger partial charge in [0.1, 0.15) is 13.2 Å². The van der Waals surface area contributed by atoms with E-state index in [1.54, 1.807) is 17.0 Å². The zero-order chi connectivity index (χ0) is 17.3. The van der Waals surface area contributed by atoms with Crippen LogP contribution in [-0.2, 0) is 11.2 Å². The van der Waals surface area contributed by atoms with Crippen molar-refractivity contribution in [3.05, 3.63) is 22.7 Å². The number of amides is 1. The van der Waals surface area contributed by atoms with Crippen LogP contribution in [0, 0.1) is 0 Å². The Kier molecular flexibility index (Phi) is 4.90. The summed E-state index contributed by atoms with van der Waals surface area (Å²) in [6.45, 7) is 2.45. The number of halogens is 1. The molecule has 1 N–H and O–H groups in total. The molecule has 2 aliphatic heterocycles. The van der Waals surface area contributed by atoms with Gasteiger partial charge < -0.3 is 24.4 Å². The lowest BCUT2D eigenvalue weighted by molar-refractivity contribution is -0.130. The predicted molar refractivity (Wildman–Crippen MR) is 90.8 cm³/mol. The summed E-state index contributed by atoms with van der Waals surface area (Å²) < 4.78 is 11.0. The number of aliphatic hydroxyl groups is 1. The quantitative estimate of drug-likeness (QED) is 0.879. The van der Waals surface area contributed by atoms with Crippen molar-refractivity contribution in [1.29, 1.82) is 0 Å². The van der Waals surface area contributed by atoms with Crippen LogP contribution in [0.2, 0.25) is 5.02 Å². The zero-order valence-corrected chi connectivity index (χ0v) is 14.8. The molecule has 7 heteroatoms. The van der Waals surface area contributed by atoms with Crippen molar-refractivity contribution in [2.75, 3.05) is 46.9 Å². The van der Waals surface area contributed by atoms with Crippen LogP contribution in [0.3, 0.4) is 0 Å². The van der Waals surface area contributed by atoms with Crippen molar-refractivity contribution in [2.24, 2.45) is 0 Å². The first-order valence-corrected chi connectivity index (χ1v) is 8.47. The number of rotatable bonds is 4. The van der Waals surface area contributed by atoms with Gasteiger partial charge in [-0.2, -0.15) is 0 Å². The van der Waals surface area contributed by atoms with Crippen LogP contribution in [0.5, 0.6) is 11.5 Å². The van der Waals surface area contributed by atoms with Crippen molar-refractivity contribution < 1.29 is 19.4 Å². The van der Waals surface area contributed by atoms with Gasteiger partial charge in [0.2, 0.25) is 5.91 Å². The molecule has 24 heavy (non-hydrogen) atoms. The third kappa shape index (κ3) is 3.77. The smallest absolute Gasteiger partial charge is 0.227 e. The van der Waals surface area contributed by atoms with E-state index in [9.17, 15) is 9.90 Å². The molecule has 0 spiro atoms. The highest BCUT2D eigenvalue weighted by Gasteiger charge is 2.38. The highest BCUT2D eigenvalue weighted by atomic mass is 35.5. The first-order chi connectivity index (χ1) is 11.4. The fraction of sp³-hybridized carbons (Fsp3) is 0.588. The number of carbonyl (C=O) groups excluding carboxylic acids is 1. The van der Waals surface area contributed by atoms with E-state index in [4.69, 9.17) is 21.1 Å². The maximum atomic E-state index is 12.6. The largest absolute Gasteiger partial charge is 0.486 e. The maximum Gasteiger partial charge on any atom is 0.227 e. The van der Waals surface area contributed by atoms with Crippen molar-refractivity contribution >= 4 is 17.5 Å². The van der Waals surface area contributed by atoms with Crippen molar-refractivity contribution in [1.82, 2.24) is 9.80 Å². The lowest BCUT2D eigenvalue weighted by Crippen LogP contribution is -2.43. The van der Waals surface area contributed by atoms with Crippen LogP contribution in [0.4, 0.5) is 0 Å². The molecule has 0 radical (unpaired) electrons. The van der Waals surface area contributed by atoms with Crippen LogP contribution < -0.4 is 9.47 Å². The lowest BCUT2D eigenvalue weighted by Gasteiger charge is -2.26. The van der Waals surface area contributed by atoms with E-state index < -0.39 is 5.60 Å². The van der Waals surface area contributed by atoms with E-state index in [1.165, 1.54) is 0 Å². The zero-order valence-electron chi connectivity index (χ0n) is 14.0. The monoisotopic (exact) mass is 354 g/mol. The Morgan fingerprint density at radius 1 is 1.33 bits per heavy atom. The average molecular weight is 355 g/mol. The number of carbonyl (C=O) groups is 1. The second-order valence-electron chi connectivity index (χ2n) is 6.79. The van der Waals surface area contributed by atoms with Crippen LogP contribution in [0.15, 0.2) is 12.1 Å². The van der Waals surface area contributed by atoms with E-state index in [2.05, 4.69) is 0 Å². The molecule has 1 aromatic carbocycles. The Balaban J connectivity index is 1.67. The Hall–Kier alpha value is -1.50. The first kappa shape index (κ1) is 17.3. The van der Waals surface area contributed by atoms with Gasteiger partial charge in [-0.15, -0.1) is 0 Å². The number of hydrogen-bond donors (Lipinski definition) is 1. The predicted octanol–water partition coefficient (Wildman–Crippen LogP) is 1.18. The molecule has 0 aromatic heterocycles. The Labute approximate surface area is 146 Å². The minimum Gasteiger partial charge on any atom is -0.486 e. The molecule has 1 fully saturated rings. The average Bonchev–Trinajstić information content (AvgIpc) is 2.89. The number of benzene rings is 1. The summed E-state index contributed by atoms with van der Waals surface area (Å²) in [7, 11) is 3.83. The minimum atomic E-state index is -0.838. The third-order valence-corrected chi connectivity index (χ3v) is 4.70. The molecule has 6 nitrogen and oxygen atoms in total. The molecule has 2 aliphatic rings. The van der Waals surface area contributed by atoms with E-state index >= 15 is 0 Å². The molecule has 1 aromatic rings. The van der Waals surface area contributed by atoms with Gasteiger partial charge in [0.25, 0.3) is 0 Å². The standard InChI is InChI=1S/C17H23ClN2O4/c1-19(2)10-17(22)3-4-20(11-17)16(21)8-12-7-14-15(9-13(12)18)24-6-5-23-14/h7,9,22H,3-6,8,10-11H2,1-2H3/t17-/m0/s1. The van der Waals surface area contributed by atoms with E-state index in [1.807, 2.05) is 19.0 Å². The van der Waals surface area contributed by atoms with Gasteiger partial charge in [0, 0.05) is 24.2 Å². The molecule has 0 unspecified atom stereocenters. The number of β-amino-alcohol motifs (C(OH)–C–C–N with tert-alkyl or cyclic N) is 1. The minimum absolute atomic E-state index is 0.0386. The van der Waals surface area contributed by atoms with Crippen molar-refractivity contribution in [2.45, 2.75) is 18.4 Å². The second-order valence-corrected chi connectivity index (χ2v) is 7.20. The third-order valence-electron chi connectivity index (χ3n) is 4.35. The van der Waals surface area contributed by atoms with Crippen LogP contribution >= 0.6 is 11.6 Å².